The van der Waals surface area contributed by atoms with Gasteiger partial charge in [0.2, 0.25) is 5.44 Å². The molecule has 0 amide bonds. The van der Waals surface area contributed by atoms with Crippen LogP contribution in [-0.4, -0.2) is 60.2 Å². The number of aromatic nitrogens is 3. The van der Waals surface area contributed by atoms with Crippen LogP contribution in [0.4, 0.5) is 30.7 Å². The molecule has 1 aliphatic rings. The second kappa shape index (κ2) is 10.7. The van der Waals surface area contributed by atoms with Gasteiger partial charge in [0.15, 0.2) is 17.3 Å². The van der Waals surface area contributed by atoms with Gasteiger partial charge in [-0.3, -0.25) is 4.99 Å². The molecule has 0 fully saturated rings. The van der Waals surface area contributed by atoms with Crippen LogP contribution in [0.5, 0.6) is 0 Å². The average Bonchev–Trinajstić information content (AvgIpc) is 3.39. The molecule has 3 atom stereocenters. The minimum atomic E-state index is -5.68. The SMILES string of the molecule is CC1(C)C(N)=N[C@](C)(c2cc(-c3cc(-c4ncc(Cl)cn4)no3)ccc2F)C(OC(=O)C(F)(F)F)[S@@]1(=O)=NCC(F)(F)F. The maximum absolute atomic E-state index is 15.5. The van der Waals surface area contributed by atoms with Gasteiger partial charge in [-0.2, -0.15) is 26.3 Å². The fourth-order valence-electron chi connectivity index (χ4n) is 4.12. The number of benzene rings is 1. The van der Waals surface area contributed by atoms with Crippen molar-refractivity contribution in [2.24, 2.45) is 15.1 Å². The van der Waals surface area contributed by atoms with Crippen molar-refractivity contribution in [1.82, 2.24) is 15.1 Å². The molecule has 1 aromatic carbocycles. The Kier molecular flexibility index (Phi) is 8.01. The molecule has 1 aliphatic heterocycles. The molecule has 1 unspecified atom stereocenters. The molecule has 0 aliphatic carbocycles. The molecule has 0 saturated heterocycles. The summed E-state index contributed by atoms with van der Waals surface area (Å²) in [6, 6.07) is 4.33. The highest BCUT2D eigenvalue weighted by Gasteiger charge is 2.60. The van der Waals surface area contributed by atoms with Gasteiger partial charge in [-0.15, -0.1) is 0 Å². The van der Waals surface area contributed by atoms with E-state index in [0.717, 1.165) is 32.9 Å². The van der Waals surface area contributed by atoms with Crippen molar-refractivity contribution in [2.75, 3.05) is 6.54 Å². The van der Waals surface area contributed by atoms with E-state index in [2.05, 4.69) is 29.2 Å². The fraction of sp³-hybridized carbons (Fsp3) is 0.375. The zero-order valence-corrected chi connectivity index (χ0v) is 23.7. The van der Waals surface area contributed by atoms with E-state index in [4.69, 9.17) is 21.9 Å². The minimum Gasteiger partial charge on any atom is -0.438 e. The predicted octanol–water partition coefficient (Wildman–Crippen LogP) is 5.42. The quantitative estimate of drug-likeness (QED) is 0.283. The Hall–Kier alpha value is -3.80. The van der Waals surface area contributed by atoms with Crippen molar-refractivity contribution < 1.29 is 49.0 Å². The monoisotopic (exact) mass is 656 g/mol. The van der Waals surface area contributed by atoms with Crippen LogP contribution in [0.2, 0.25) is 5.02 Å². The van der Waals surface area contributed by atoms with Crippen LogP contribution in [0.15, 0.2) is 50.5 Å². The maximum Gasteiger partial charge on any atom is 0.490 e. The lowest BCUT2D eigenvalue weighted by Crippen LogP contribution is -2.61. The number of nitrogens with zero attached hydrogens (tertiary/aromatic N) is 5. The Morgan fingerprint density at radius 1 is 1.14 bits per heavy atom. The number of alkyl halides is 6. The van der Waals surface area contributed by atoms with Crippen LogP contribution >= 0.6 is 11.6 Å². The Bertz CT molecular complexity index is 1720. The van der Waals surface area contributed by atoms with Crippen LogP contribution in [0, 0.1) is 5.82 Å². The molecular weight excluding hydrogens is 637 g/mol. The second-order valence-electron chi connectivity index (χ2n) is 9.86. The van der Waals surface area contributed by atoms with E-state index in [1.807, 2.05) is 0 Å². The molecule has 232 valence electrons. The molecule has 43 heavy (non-hydrogen) atoms. The molecular formula is C24H20ClF7N6O4S. The van der Waals surface area contributed by atoms with Gasteiger partial charge in [0.1, 0.15) is 38.2 Å². The van der Waals surface area contributed by atoms with Crippen molar-refractivity contribution >= 4 is 33.1 Å². The Balaban J connectivity index is 1.93. The van der Waals surface area contributed by atoms with E-state index in [-0.39, 0.29) is 27.9 Å². The number of ether oxygens (including phenoxy) is 1. The predicted molar refractivity (Wildman–Crippen MR) is 138 cm³/mol. The third-order valence-electron chi connectivity index (χ3n) is 6.49. The highest BCUT2D eigenvalue weighted by atomic mass is 35.5. The van der Waals surface area contributed by atoms with Crippen molar-refractivity contribution in [3.8, 4) is 22.8 Å². The topological polar surface area (TPSA) is 146 Å². The smallest absolute Gasteiger partial charge is 0.438 e. The molecule has 0 spiro atoms. The van der Waals surface area contributed by atoms with Gasteiger partial charge >= 0.3 is 18.3 Å². The molecule has 3 aromatic rings. The summed E-state index contributed by atoms with van der Waals surface area (Å²) in [6.07, 6.45) is -8.18. The number of halogens is 8. The lowest BCUT2D eigenvalue weighted by Gasteiger charge is -2.45. The third-order valence-corrected chi connectivity index (χ3v) is 10.0. The summed E-state index contributed by atoms with van der Waals surface area (Å²) in [5.41, 5.74) is 0.188. The van der Waals surface area contributed by atoms with Gasteiger partial charge in [-0.25, -0.2) is 27.7 Å². The van der Waals surface area contributed by atoms with Gasteiger partial charge in [0.05, 0.1) is 5.02 Å². The van der Waals surface area contributed by atoms with Crippen molar-refractivity contribution in [2.45, 2.75) is 48.8 Å². The van der Waals surface area contributed by atoms with Crippen LogP contribution in [0.1, 0.15) is 26.3 Å². The summed E-state index contributed by atoms with van der Waals surface area (Å²) in [4.78, 5) is 24.0. The van der Waals surface area contributed by atoms with E-state index < -0.39 is 67.5 Å². The van der Waals surface area contributed by atoms with E-state index in [1.54, 1.807) is 0 Å². The summed E-state index contributed by atoms with van der Waals surface area (Å²) in [6.45, 7) is 0.809. The van der Waals surface area contributed by atoms with Crippen molar-refractivity contribution in [1.29, 1.82) is 0 Å². The Labute approximate surface area is 243 Å². The van der Waals surface area contributed by atoms with Gasteiger partial charge in [-0.1, -0.05) is 16.8 Å². The van der Waals surface area contributed by atoms with Crippen LogP contribution in [0.3, 0.4) is 0 Å². The number of hydrogen-bond donors (Lipinski definition) is 1. The largest absolute Gasteiger partial charge is 0.490 e. The number of amidine groups is 1. The van der Waals surface area contributed by atoms with E-state index in [0.29, 0.717) is 0 Å². The first-order valence-electron chi connectivity index (χ1n) is 11.9. The zero-order valence-electron chi connectivity index (χ0n) is 22.1. The van der Waals surface area contributed by atoms with Crippen molar-refractivity contribution in [3.63, 3.8) is 0 Å². The molecule has 0 radical (unpaired) electrons. The lowest BCUT2D eigenvalue weighted by atomic mass is 9.90. The van der Waals surface area contributed by atoms with E-state index in [1.165, 1.54) is 24.5 Å². The van der Waals surface area contributed by atoms with Gasteiger partial charge < -0.3 is 15.0 Å². The molecule has 4 rings (SSSR count). The number of hydrogen-bond acceptors (Lipinski definition) is 10. The van der Waals surface area contributed by atoms with Gasteiger partial charge in [0, 0.05) is 29.6 Å². The van der Waals surface area contributed by atoms with E-state index in [9.17, 15) is 35.3 Å². The molecule has 3 heterocycles. The molecule has 2 aromatic heterocycles. The first-order valence-corrected chi connectivity index (χ1v) is 13.8. The number of carbonyl (C=O) groups excluding carboxylic acids is 1. The van der Waals surface area contributed by atoms with E-state index >= 15 is 4.39 Å². The Morgan fingerprint density at radius 2 is 1.77 bits per heavy atom. The maximum atomic E-state index is 15.5. The summed E-state index contributed by atoms with van der Waals surface area (Å²) < 4.78 is 120. The summed E-state index contributed by atoms with van der Waals surface area (Å²) in [7, 11) is -4.76. The highest BCUT2D eigenvalue weighted by molar-refractivity contribution is 7.96. The summed E-state index contributed by atoms with van der Waals surface area (Å²) in [5.74, 6) is -4.68. The standard InChI is InChI=1S/C24H20ClF7N6O4S/c1-21(2)18(33)37-22(3,20(41-19(39)24(30,31)32)43(21,40)36-10-23(27,28)29)13-6-11(4-5-14(13)26)16-7-15(38-42-16)17-34-8-12(25)9-35-17/h4-9,20H,10H2,1-3H3,(H2,33,37)/t20?,22-,43+/m1/s1. The molecule has 0 saturated carbocycles. The number of carbonyl (C=O) groups is 1. The number of nitrogens with two attached hydrogens (primary N) is 1. The first kappa shape index (κ1) is 32.1. The fourth-order valence-corrected chi connectivity index (χ4v) is 6.92. The molecule has 2 N–H and O–H groups in total. The number of rotatable bonds is 5. The number of aliphatic imine (C=N–C) groups is 1. The van der Waals surface area contributed by atoms with Gasteiger partial charge in [-0.05, 0) is 39.0 Å². The molecule has 0 bridgehead atoms. The zero-order chi connectivity index (χ0) is 32.2. The van der Waals surface area contributed by atoms with Gasteiger partial charge in [0.25, 0.3) is 0 Å². The Morgan fingerprint density at radius 3 is 2.35 bits per heavy atom. The minimum absolute atomic E-state index is 0.0311. The summed E-state index contributed by atoms with van der Waals surface area (Å²) in [5, 5.41) is 4.05. The summed E-state index contributed by atoms with van der Waals surface area (Å²) >= 11 is 5.78. The average molecular weight is 657 g/mol. The van der Waals surface area contributed by atoms with Crippen molar-refractivity contribution in [3.05, 3.63) is 53.1 Å². The van der Waals surface area contributed by atoms with Crippen LogP contribution in [0.25, 0.3) is 22.8 Å². The second-order valence-corrected chi connectivity index (χ2v) is 13.1. The third kappa shape index (κ3) is 6.02. The number of esters is 1. The molecule has 10 nitrogen and oxygen atoms in total. The first-order chi connectivity index (χ1) is 19.7. The highest BCUT2D eigenvalue weighted by Crippen LogP contribution is 2.46. The molecule has 19 heteroatoms. The normalized spacial score (nSPS) is 23.9. The van der Waals surface area contributed by atoms with Crippen LogP contribution in [-0.2, 0) is 24.8 Å². The lowest BCUT2D eigenvalue weighted by molar-refractivity contribution is -0.203. The van der Waals surface area contributed by atoms with Crippen LogP contribution < -0.4 is 5.73 Å².